The Balaban J connectivity index is 1.82. The van der Waals surface area contributed by atoms with Gasteiger partial charge in [0.2, 0.25) is 0 Å². The van der Waals surface area contributed by atoms with Crippen molar-refractivity contribution in [2.24, 2.45) is 0 Å². The molecule has 0 aliphatic carbocycles. The van der Waals surface area contributed by atoms with Crippen molar-refractivity contribution in [3.63, 3.8) is 0 Å². The van der Waals surface area contributed by atoms with Crippen molar-refractivity contribution in [1.29, 1.82) is 0 Å². The van der Waals surface area contributed by atoms with Crippen LogP contribution in [0.1, 0.15) is 0 Å². The normalized spacial score (nSPS) is 10.9. The summed E-state index contributed by atoms with van der Waals surface area (Å²) in [4.78, 5) is 13.6. The highest BCUT2D eigenvalue weighted by atomic mass is 15.0. The maximum Gasteiger partial charge on any atom is 0.137 e. The number of aromatic nitrogens is 4. The van der Waals surface area contributed by atoms with Gasteiger partial charge in [-0.3, -0.25) is 4.98 Å². The molecular weight excluding hydrogens is 260 g/mol. The molecule has 4 heterocycles. The third kappa shape index (κ3) is 2.17. The lowest BCUT2D eigenvalue weighted by atomic mass is 10.2. The van der Waals surface area contributed by atoms with Crippen LogP contribution in [0.4, 0.5) is 0 Å². The zero-order chi connectivity index (χ0) is 14.1. The minimum Gasteiger partial charge on any atom is -0.306 e. The van der Waals surface area contributed by atoms with Gasteiger partial charge in [-0.15, -0.1) is 0 Å². The monoisotopic (exact) mass is 272 g/mol. The summed E-state index contributed by atoms with van der Waals surface area (Å²) in [6.45, 7) is 0. The van der Waals surface area contributed by atoms with E-state index >= 15 is 0 Å². The van der Waals surface area contributed by atoms with Crippen LogP contribution in [0.5, 0.6) is 0 Å². The van der Waals surface area contributed by atoms with E-state index in [2.05, 4.69) is 15.0 Å². The first-order valence-electron chi connectivity index (χ1n) is 6.73. The van der Waals surface area contributed by atoms with E-state index in [1.165, 1.54) is 0 Å². The second-order valence-electron chi connectivity index (χ2n) is 4.72. The average molecular weight is 272 g/mol. The number of imidazole rings is 1. The summed E-state index contributed by atoms with van der Waals surface area (Å²) in [5, 5.41) is 0. The van der Waals surface area contributed by atoms with Crippen LogP contribution in [0.2, 0.25) is 0 Å². The van der Waals surface area contributed by atoms with Gasteiger partial charge in [0.05, 0.1) is 17.1 Å². The highest BCUT2D eigenvalue weighted by Crippen LogP contribution is 2.21. The first kappa shape index (κ1) is 11.8. The van der Waals surface area contributed by atoms with Gasteiger partial charge < -0.3 is 4.40 Å². The molecule has 4 aromatic rings. The maximum atomic E-state index is 4.67. The third-order valence-electron chi connectivity index (χ3n) is 3.30. The van der Waals surface area contributed by atoms with Crippen molar-refractivity contribution in [2.45, 2.75) is 0 Å². The summed E-state index contributed by atoms with van der Waals surface area (Å²) in [7, 11) is 0. The minimum atomic E-state index is 0.849. The first-order valence-corrected chi connectivity index (χ1v) is 6.73. The number of pyridine rings is 3. The topological polar surface area (TPSA) is 43.1 Å². The predicted octanol–water partition coefficient (Wildman–Crippen LogP) is 3.46. The number of hydrogen-bond acceptors (Lipinski definition) is 3. The molecule has 0 aromatic carbocycles. The molecule has 0 bridgehead atoms. The van der Waals surface area contributed by atoms with Gasteiger partial charge in [0.25, 0.3) is 0 Å². The molecule has 0 radical (unpaired) electrons. The van der Waals surface area contributed by atoms with E-state index in [0.717, 1.165) is 28.4 Å². The Labute approximate surface area is 121 Å². The van der Waals surface area contributed by atoms with Crippen LogP contribution in [-0.4, -0.2) is 19.4 Å². The molecule has 0 amide bonds. The van der Waals surface area contributed by atoms with Crippen molar-refractivity contribution < 1.29 is 0 Å². The number of hydrogen-bond donors (Lipinski definition) is 0. The van der Waals surface area contributed by atoms with Crippen molar-refractivity contribution >= 4 is 5.65 Å². The van der Waals surface area contributed by atoms with Crippen molar-refractivity contribution in [1.82, 2.24) is 19.4 Å². The van der Waals surface area contributed by atoms with Crippen LogP contribution in [0, 0.1) is 0 Å². The fraction of sp³-hybridized carbons (Fsp3) is 0. The SMILES string of the molecule is c1ccc(-c2cccc(-c3cn4ccccc4n3)n2)nc1. The molecule has 0 atom stereocenters. The van der Waals surface area contributed by atoms with Gasteiger partial charge in [-0.1, -0.05) is 18.2 Å². The molecule has 0 spiro atoms. The van der Waals surface area contributed by atoms with Crippen LogP contribution in [0.15, 0.2) is 73.2 Å². The van der Waals surface area contributed by atoms with Gasteiger partial charge in [0.1, 0.15) is 11.3 Å². The van der Waals surface area contributed by atoms with Gasteiger partial charge in [0, 0.05) is 18.6 Å². The molecule has 0 fully saturated rings. The lowest BCUT2D eigenvalue weighted by molar-refractivity contribution is 1.19. The molecule has 4 heteroatoms. The lowest BCUT2D eigenvalue weighted by Crippen LogP contribution is -1.89. The predicted molar refractivity (Wildman–Crippen MR) is 81.7 cm³/mol. The molecule has 0 N–H and O–H groups in total. The quantitative estimate of drug-likeness (QED) is 0.561. The van der Waals surface area contributed by atoms with E-state index in [0.29, 0.717) is 0 Å². The minimum absolute atomic E-state index is 0.849. The standard InChI is InChI=1S/C17H12N4/c1-3-10-18-13(6-1)14-7-5-8-15(19-14)16-12-21-11-4-2-9-17(21)20-16/h1-12H. The number of fused-ring (bicyclic) bond motifs is 1. The van der Waals surface area contributed by atoms with Crippen LogP contribution in [-0.2, 0) is 0 Å². The van der Waals surface area contributed by atoms with E-state index in [1.807, 2.05) is 71.4 Å². The highest BCUT2D eigenvalue weighted by Gasteiger charge is 2.07. The molecule has 4 nitrogen and oxygen atoms in total. The van der Waals surface area contributed by atoms with Gasteiger partial charge in [-0.05, 0) is 36.4 Å². The Morgan fingerprint density at radius 2 is 1.48 bits per heavy atom. The summed E-state index contributed by atoms with van der Waals surface area (Å²) < 4.78 is 1.99. The highest BCUT2D eigenvalue weighted by molar-refractivity contribution is 5.63. The molecule has 21 heavy (non-hydrogen) atoms. The summed E-state index contributed by atoms with van der Waals surface area (Å²) in [6.07, 6.45) is 5.74. The largest absolute Gasteiger partial charge is 0.306 e. The average Bonchev–Trinajstić information content (AvgIpc) is 3.00. The smallest absolute Gasteiger partial charge is 0.137 e. The molecule has 4 aromatic heterocycles. The molecular formula is C17H12N4. The summed E-state index contributed by atoms with van der Waals surface area (Å²) in [5.41, 5.74) is 4.34. The van der Waals surface area contributed by atoms with Crippen molar-refractivity contribution in [3.05, 3.63) is 73.2 Å². The Hall–Kier alpha value is -3.01. The molecule has 0 aliphatic rings. The van der Waals surface area contributed by atoms with E-state index < -0.39 is 0 Å². The summed E-state index contributed by atoms with van der Waals surface area (Å²) >= 11 is 0. The third-order valence-corrected chi connectivity index (χ3v) is 3.30. The second kappa shape index (κ2) is 4.83. The van der Waals surface area contributed by atoms with Crippen molar-refractivity contribution in [2.75, 3.05) is 0 Å². The number of nitrogens with zero attached hydrogens (tertiary/aromatic N) is 4. The van der Waals surface area contributed by atoms with Gasteiger partial charge in [0.15, 0.2) is 0 Å². The molecule has 0 saturated heterocycles. The zero-order valence-corrected chi connectivity index (χ0v) is 11.2. The van der Waals surface area contributed by atoms with Crippen molar-refractivity contribution in [3.8, 4) is 22.8 Å². The first-order chi connectivity index (χ1) is 10.4. The summed E-state index contributed by atoms with van der Waals surface area (Å²) in [6, 6.07) is 17.7. The Morgan fingerprint density at radius 1 is 0.667 bits per heavy atom. The number of rotatable bonds is 2. The van der Waals surface area contributed by atoms with Crippen LogP contribution in [0.3, 0.4) is 0 Å². The molecule has 0 aliphatic heterocycles. The lowest BCUT2D eigenvalue weighted by Gasteiger charge is -2.01. The van der Waals surface area contributed by atoms with E-state index in [9.17, 15) is 0 Å². The molecule has 0 unspecified atom stereocenters. The molecule has 4 rings (SSSR count). The Morgan fingerprint density at radius 3 is 2.29 bits per heavy atom. The molecule has 100 valence electrons. The fourth-order valence-corrected chi connectivity index (χ4v) is 2.29. The Bertz CT molecular complexity index is 864. The zero-order valence-electron chi connectivity index (χ0n) is 11.2. The maximum absolute atomic E-state index is 4.67. The van der Waals surface area contributed by atoms with Gasteiger partial charge in [-0.2, -0.15) is 0 Å². The van der Waals surface area contributed by atoms with Crippen LogP contribution >= 0.6 is 0 Å². The molecule has 0 saturated carbocycles. The fourth-order valence-electron chi connectivity index (χ4n) is 2.29. The van der Waals surface area contributed by atoms with Gasteiger partial charge >= 0.3 is 0 Å². The van der Waals surface area contributed by atoms with Crippen LogP contribution < -0.4 is 0 Å². The van der Waals surface area contributed by atoms with E-state index in [-0.39, 0.29) is 0 Å². The summed E-state index contributed by atoms with van der Waals surface area (Å²) in [5.74, 6) is 0. The van der Waals surface area contributed by atoms with E-state index in [4.69, 9.17) is 0 Å². The van der Waals surface area contributed by atoms with E-state index in [1.54, 1.807) is 6.20 Å². The Kier molecular flexibility index (Phi) is 2.71. The second-order valence-corrected chi connectivity index (χ2v) is 4.72. The van der Waals surface area contributed by atoms with Crippen LogP contribution in [0.25, 0.3) is 28.4 Å². The van der Waals surface area contributed by atoms with Gasteiger partial charge in [-0.25, -0.2) is 9.97 Å².